The van der Waals surface area contributed by atoms with Gasteiger partial charge < -0.3 is 15.7 Å². The first-order valence-corrected chi connectivity index (χ1v) is 5.69. The topological polar surface area (TPSA) is 91.3 Å². The van der Waals surface area contributed by atoms with Crippen LogP contribution in [0.15, 0.2) is 18.5 Å². The molecule has 3 N–H and O–H groups in total. The van der Waals surface area contributed by atoms with Gasteiger partial charge in [0.1, 0.15) is 0 Å². The summed E-state index contributed by atoms with van der Waals surface area (Å²) in [5, 5.41) is 13.9. The molecule has 1 atom stereocenters. The molecule has 0 aliphatic rings. The lowest BCUT2D eigenvalue weighted by Crippen LogP contribution is -2.36. The molecule has 1 aromatic heterocycles. The summed E-state index contributed by atoms with van der Waals surface area (Å²) < 4.78 is 0. The summed E-state index contributed by atoms with van der Waals surface area (Å²) >= 11 is 0. The van der Waals surface area contributed by atoms with Gasteiger partial charge in [-0.25, -0.2) is 4.79 Å². The number of amides is 2. The number of hydrogen-bond donors (Lipinski definition) is 3. The molecule has 1 aromatic rings. The second-order valence-corrected chi connectivity index (χ2v) is 4.12. The zero-order valence-corrected chi connectivity index (χ0v) is 10.4. The summed E-state index contributed by atoms with van der Waals surface area (Å²) in [6, 6.07) is 1.24. The maximum absolute atomic E-state index is 11.6. The largest absolute Gasteiger partial charge is 0.481 e. The third-order valence-electron chi connectivity index (χ3n) is 2.46. The van der Waals surface area contributed by atoms with Gasteiger partial charge in [-0.15, -0.1) is 0 Å². The fourth-order valence-corrected chi connectivity index (χ4v) is 1.39. The first kappa shape index (κ1) is 14.0. The molecule has 0 radical (unpaired) electrons. The Morgan fingerprint density at radius 3 is 2.83 bits per heavy atom. The van der Waals surface area contributed by atoms with Crippen molar-refractivity contribution in [2.45, 2.75) is 32.7 Å². The van der Waals surface area contributed by atoms with Gasteiger partial charge in [0.2, 0.25) is 0 Å². The zero-order chi connectivity index (χ0) is 13.5. The van der Waals surface area contributed by atoms with Crippen LogP contribution in [0.5, 0.6) is 0 Å². The van der Waals surface area contributed by atoms with Gasteiger partial charge in [0.05, 0.1) is 11.9 Å². The number of aryl methyl sites for hydroxylation is 1. The minimum Gasteiger partial charge on any atom is -0.481 e. The van der Waals surface area contributed by atoms with Gasteiger partial charge in [0.15, 0.2) is 0 Å². The number of carboxylic acids is 1. The predicted molar refractivity (Wildman–Crippen MR) is 67.5 cm³/mol. The van der Waals surface area contributed by atoms with Gasteiger partial charge >= 0.3 is 12.0 Å². The number of anilines is 1. The van der Waals surface area contributed by atoms with E-state index in [0.29, 0.717) is 12.1 Å². The maximum Gasteiger partial charge on any atom is 0.319 e. The third kappa shape index (κ3) is 4.82. The van der Waals surface area contributed by atoms with E-state index >= 15 is 0 Å². The Kier molecular flexibility index (Phi) is 5.10. The Morgan fingerprint density at radius 2 is 2.22 bits per heavy atom. The molecule has 0 fully saturated rings. The molecule has 1 heterocycles. The number of urea groups is 1. The van der Waals surface area contributed by atoms with Crippen molar-refractivity contribution < 1.29 is 14.7 Å². The van der Waals surface area contributed by atoms with Gasteiger partial charge in [0.25, 0.3) is 0 Å². The number of carbonyl (C=O) groups is 2. The highest BCUT2D eigenvalue weighted by atomic mass is 16.4. The average Bonchev–Trinajstić information content (AvgIpc) is 2.29. The molecule has 6 nitrogen and oxygen atoms in total. The average molecular weight is 251 g/mol. The van der Waals surface area contributed by atoms with E-state index in [1.54, 1.807) is 25.4 Å². The van der Waals surface area contributed by atoms with Crippen LogP contribution in [0.1, 0.15) is 25.3 Å². The minimum absolute atomic E-state index is 0.0351. The first-order chi connectivity index (χ1) is 8.49. The van der Waals surface area contributed by atoms with Crippen LogP contribution in [-0.4, -0.2) is 28.1 Å². The van der Waals surface area contributed by atoms with Gasteiger partial charge in [-0.3, -0.25) is 9.78 Å². The predicted octanol–water partition coefficient (Wildman–Crippen LogP) is 1.76. The van der Waals surface area contributed by atoms with E-state index < -0.39 is 5.97 Å². The van der Waals surface area contributed by atoms with Crippen LogP contribution in [0.2, 0.25) is 0 Å². The number of nitrogens with zero attached hydrogens (tertiary/aromatic N) is 1. The second kappa shape index (κ2) is 6.58. The second-order valence-electron chi connectivity index (χ2n) is 4.12. The molecule has 1 unspecified atom stereocenters. The van der Waals surface area contributed by atoms with E-state index in [2.05, 4.69) is 15.6 Å². The van der Waals surface area contributed by atoms with Crippen molar-refractivity contribution in [1.29, 1.82) is 0 Å². The van der Waals surface area contributed by atoms with Crippen LogP contribution in [-0.2, 0) is 4.79 Å². The molecule has 2 amide bonds. The van der Waals surface area contributed by atoms with Crippen LogP contribution in [0.25, 0.3) is 0 Å². The molecule has 6 heteroatoms. The number of hydrogen-bond acceptors (Lipinski definition) is 3. The molecule has 0 aliphatic heterocycles. The monoisotopic (exact) mass is 251 g/mol. The van der Waals surface area contributed by atoms with Crippen molar-refractivity contribution in [2.75, 3.05) is 5.32 Å². The number of rotatable bonds is 5. The standard InChI is InChI=1S/C12H17N3O3/c1-8-5-6-13-7-10(8)15-12(18)14-9(2)3-4-11(16)17/h5-7,9H,3-4H2,1-2H3,(H,16,17)(H2,14,15,18). The van der Waals surface area contributed by atoms with Crippen LogP contribution in [0, 0.1) is 6.92 Å². The Balaban J connectivity index is 2.42. The van der Waals surface area contributed by atoms with Crippen molar-refractivity contribution in [3.05, 3.63) is 24.0 Å². The summed E-state index contributed by atoms with van der Waals surface area (Å²) in [5.74, 6) is -0.868. The first-order valence-electron chi connectivity index (χ1n) is 5.69. The number of aromatic nitrogens is 1. The molecular formula is C12H17N3O3. The van der Waals surface area contributed by atoms with Gasteiger partial charge in [-0.05, 0) is 31.9 Å². The number of pyridine rings is 1. The fourth-order valence-electron chi connectivity index (χ4n) is 1.39. The quantitative estimate of drug-likeness (QED) is 0.743. The van der Waals surface area contributed by atoms with Crippen LogP contribution >= 0.6 is 0 Å². The molecule has 0 aliphatic carbocycles. The highest BCUT2D eigenvalue weighted by Gasteiger charge is 2.09. The molecule has 18 heavy (non-hydrogen) atoms. The van der Waals surface area contributed by atoms with E-state index in [-0.39, 0.29) is 18.5 Å². The van der Waals surface area contributed by atoms with Crippen molar-refractivity contribution >= 4 is 17.7 Å². The molecule has 98 valence electrons. The van der Waals surface area contributed by atoms with Gasteiger partial charge in [-0.1, -0.05) is 0 Å². The van der Waals surface area contributed by atoms with E-state index in [9.17, 15) is 9.59 Å². The number of aliphatic carboxylic acids is 1. The summed E-state index contributed by atoms with van der Waals surface area (Å²) in [4.78, 5) is 25.9. The number of nitrogens with one attached hydrogen (secondary N) is 2. The van der Waals surface area contributed by atoms with Gasteiger partial charge in [-0.2, -0.15) is 0 Å². The maximum atomic E-state index is 11.6. The lowest BCUT2D eigenvalue weighted by Gasteiger charge is -2.14. The van der Waals surface area contributed by atoms with Crippen molar-refractivity contribution in [3.8, 4) is 0 Å². The minimum atomic E-state index is -0.868. The lowest BCUT2D eigenvalue weighted by atomic mass is 10.2. The smallest absolute Gasteiger partial charge is 0.319 e. The van der Waals surface area contributed by atoms with E-state index in [1.165, 1.54) is 0 Å². The summed E-state index contributed by atoms with van der Waals surface area (Å²) in [6.45, 7) is 3.63. The highest BCUT2D eigenvalue weighted by Crippen LogP contribution is 2.11. The molecule has 0 saturated carbocycles. The fraction of sp³-hybridized carbons (Fsp3) is 0.417. The molecule has 0 bridgehead atoms. The Morgan fingerprint density at radius 1 is 1.50 bits per heavy atom. The van der Waals surface area contributed by atoms with Crippen LogP contribution in [0.4, 0.5) is 10.5 Å². The molecule has 0 aromatic carbocycles. The van der Waals surface area contributed by atoms with Crippen LogP contribution < -0.4 is 10.6 Å². The van der Waals surface area contributed by atoms with E-state index in [0.717, 1.165) is 5.56 Å². The normalized spacial score (nSPS) is 11.7. The summed E-state index contributed by atoms with van der Waals surface area (Å²) in [6.07, 6.45) is 3.65. The molecular weight excluding hydrogens is 234 g/mol. The summed E-state index contributed by atoms with van der Waals surface area (Å²) in [5.41, 5.74) is 1.55. The number of carboxylic acid groups (broad SMARTS) is 1. The molecule has 0 spiro atoms. The highest BCUT2D eigenvalue weighted by molar-refractivity contribution is 5.90. The molecule has 1 rings (SSSR count). The SMILES string of the molecule is Cc1ccncc1NC(=O)NC(C)CCC(=O)O. The van der Waals surface area contributed by atoms with Crippen LogP contribution in [0.3, 0.4) is 0 Å². The Hall–Kier alpha value is -2.11. The van der Waals surface area contributed by atoms with Gasteiger partial charge in [0, 0.05) is 18.7 Å². The zero-order valence-electron chi connectivity index (χ0n) is 10.4. The third-order valence-corrected chi connectivity index (χ3v) is 2.46. The lowest BCUT2D eigenvalue weighted by molar-refractivity contribution is -0.137. The Bertz CT molecular complexity index is 434. The summed E-state index contributed by atoms with van der Waals surface area (Å²) in [7, 11) is 0. The Labute approximate surface area is 105 Å². The van der Waals surface area contributed by atoms with Crippen molar-refractivity contribution in [2.24, 2.45) is 0 Å². The number of carbonyl (C=O) groups excluding carboxylic acids is 1. The van der Waals surface area contributed by atoms with Crippen molar-refractivity contribution in [1.82, 2.24) is 10.3 Å². The van der Waals surface area contributed by atoms with E-state index in [1.807, 2.05) is 6.92 Å². The van der Waals surface area contributed by atoms with Crippen molar-refractivity contribution in [3.63, 3.8) is 0 Å². The molecule has 0 saturated heterocycles. The van der Waals surface area contributed by atoms with E-state index in [4.69, 9.17) is 5.11 Å².